The highest BCUT2D eigenvalue weighted by Gasteiger charge is 2.27. The highest BCUT2D eigenvalue weighted by molar-refractivity contribution is 5.97. The number of rotatable bonds is 2. The fourth-order valence-electron chi connectivity index (χ4n) is 1.98. The van der Waals surface area contributed by atoms with Crippen LogP contribution in [0.1, 0.15) is 16.8 Å². The Bertz CT molecular complexity index is 434. The number of hydrogen-bond acceptors (Lipinski definition) is 4. The Morgan fingerprint density at radius 1 is 1.59 bits per heavy atom. The van der Waals surface area contributed by atoms with Crippen molar-refractivity contribution in [2.75, 3.05) is 25.9 Å². The number of nitrogens with zero attached hydrogens (tertiary/aromatic N) is 1. The van der Waals surface area contributed by atoms with Crippen LogP contribution in [0.2, 0.25) is 0 Å². The lowest BCUT2D eigenvalue weighted by Gasteiger charge is -2.17. The average molecular weight is 236 g/mol. The van der Waals surface area contributed by atoms with Crippen molar-refractivity contribution in [1.29, 1.82) is 0 Å². The molecule has 1 atom stereocenters. The number of β-amino-alcohol motifs (C(OH)–C–C–N with tert-alkyl or cyclic N) is 1. The average Bonchev–Trinajstić information content (AvgIpc) is 2.75. The van der Waals surface area contributed by atoms with Crippen LogP contribution in [-0.4, -0.2) is 42.2 Å². The maximum absolute atomic E-state index is 12.2. The molecule has 1 unspecified atom stereocenters. The molecule has 1 aliphatic rings. The molecule has 3 N–H and O–H groups in total. The Hall–Kier alpha value is -1.75. The van der Waals surface area contributed by atoms with Crippen LogP contribution in [0.15, 0.2) is 18.2 Å². The van der Waals surface area contributed by atoms with E-state index in [1.54, 1.807) is 23.1 Å². The third-order valence-electron chi connectivity index (χ3n) is 2.91. The molecule has 1 fully saturated rings. The van der Waals surface area contributed by atoms with Crippen LogP contribution in [0.5, 0.6) is 5.75 Å². The fraction of sp³-hybridized carbons (Fsp3) is 0.417. The summed E-state index contributed by atoms with van der Waals surface area (Å²) in [4.78, 5) is 13.8. The molecule has 0 spiro atoms. The van der Waals surface area contributed by atoms with Crippen LogP contribution in [0.25, 0.3) is 0 Å². The van der Waals surface area contributed by atoms with Crippen LogP contribution in [0, 0.1) is 0 Å². The number of anilines is 1. The smallest absolute Gasteiger partial charge is 0.257 e. The van der Waals surface area contributed by atoms with Crippen LogP contribution in [0.3, 0.4) is 0 Å². The molecule has 1 aromatic carbocycles. The Labute approximate surface area is 99.8 Å². The van der Waals surface area contributed by atoms with Gasteiger partial charge in [-0.05, 0) is 18.6 Å². The van der Waals surface area contributed by atoms with E-state index in [0.29, 0.717) is 36.5 Å². The van der Waals surface area contributed by atoms with Gasteiger partial charge in [-0.1, -0.05) is 0 Å². The quantitative estimate of drug-likeness (QED) is 0.732. The summed E-state index contributed by atoms with van der Waals surface area (Å²) in [6.07, 6.45) is 0.210. The number of aliphatic hydroxyl groups is 1. The van der Waals surface area contributed by atoms with Crippen LogP contribution in [0.4, 0.5) is 5.69 Å². The topological polar surface area (TPSA) is 75.8 Å². The molecule has 5 nitrogen and oxygen atoms in total. The van der Waals surface area contributed by atoms with Crippen LogP contribution in [-0.2, 0) is 0 Å². The summed E-state index contributed by atoms with van der Waals surface area (Å²) in [6.45, 7) is 0.958. The summed E-state index contributed by atoms with van der Waals surface area (Å²) < 4.78 is 5.14. The fourth-order valence-corrected chi connectivity index (χ4v) is 1.98. The number of carbonyl (C=O) groups is 1. The molecule has 0 aliphatic carbocycles. The minimum Gasteiger partial charge on any atom is -0.496 e. The number of amides is 1. The molecular weight excluding hydrogens is 220 g/mol. The molecule has 2 rings (SSSR count). The number of ether oxygens (including phenoxy) is 1. The molecule has 1 heterocycles. The first kappa shape index (κ1) is 11.7. The van der Waals surface area contributed by atoms with Gasteiger partial charge in [-0.3, -0.25) is 4.79 Å². The number of nitrogen functional groups attached to an aromatic ring is 1. The van der Waals surface area contributed by atoms with Gasteiger partial charge in [0.2, 0.25) is 0 Å². The van der Waals surface area contributed by atoms with Gasteiger partial charge in [0.05, 0.1) is 18.8 Å². The highest BCUT2D eigenvalue weighted by atomic mass is 16.5. The molecule has 1 amide bonds. The first-order chi connectivity index (χ1) is 8.11. The Kier molecular flexibility index (Phi) is 3.19. The Morgan fingerprint density at radius 2 is 2.35 bits per heavy atom. The van der Waals surface area contributed by atoms with Gasteiger partial charge in [0.1, 0.15) is 5.75 Å². The zero-order chi connectivity index (χ0) is 12.4. The van der Waals surface area contributed by atoms with Crippen LogP contribution >= 0.6 is 0 Å². The van der Waals surface area contributed by atoms with Gasteiger partial charge < -0.3 is 20.5 Å². The molecule has 17 heavy (non-hydrogen) atoms. The minimum absolute atomic E-state index is 0.126. The summed E-state index contributed by atoms with van der Waals surface area (Å²) >= 11 is 0. The minimum atomic E-state index is -0.418. The van der Waals surface area contributed by atoms with Gasteiger partial charge in [-0.15, -0.1) is 0 Å². The largest absolute Gasteiger partial charge is 0.496 e. The zero-order valence-electron chi connectivity index (χ0n) is 9.72. The normalized spacial score (nSPS) is 19.4. The van der Waals surface area contributed by atoms with Gasteiger partial charge in [0.15, 0.2) is 0 Å². The van der Waals surface area contributed by atoms with E-state index in [1.807, 2.05) is 0 Å². The van der Waals surface area contributed by atoms with Crippen molar-refractivity contribution in [1.82, 2.24) is 4.90 Å². The second-order valence-electron chi connectivity index (χ2n) is 4.15. The van der Waals surface area contributed by atoms with Crippen LogP contribution < -0.4 is 10.5 Å². The summed E-state index contributed by atoms with van der Waals surface area (Å²) in [7, 11) is 1.50. The number of methoxy groups -OCH3 is 1. The third kappa shape index (κ3) is 2.34. The first-order valence-electron chi connectivity index (χ1n) is 5.52. The number of carbonyl (C=O) groups excluding carboxylic acids is 1. The van der Waals surface area contributed by atoms with Crippen molar-refractivity contribution < 1.29 is 14.6 Å². The monoisotopic (exact) mass is 236 g/mol. The van der Waals surface area contributed by atoms with Crippen molar-refractivity contribution in [2.24, 2.45) is 0 Å². The molecule has 0 bridgehead atoms. The van der Waals surface area contributed by atoms with E-state index in [1.165, 1.54) is 7.11 Å². The van der Waals surface area contributed by atoms with Crippen molar-refractivity contribution >= 4 is 11.6 Å². The lowest BCUT2D eigenvalue weighted by atomic mass is 10.1. The molecule has 1 aromatic rings. The number of hydrogen-bond donors (Lipinski definition) is 2. The summed E-state index contributed by atoms with van der Waals surface area (Å²) in [5.74, 6) is 0.342. The molecule has 1 aliphatic heterocycles. The van der Waals surface area contributed by atoms with E-state index < -0.39 is 6.10 Å². The second kappa shape index (κ2) is 4.63. The Morgan fingerprint density at radius 3 is 2.94 bits per heavy atom. The summed E-state index contributed by atoms with van der Waals surface area (Å²) in [5.41, 5.74) is 6.67. The van der Waals surface area contributed by atoms with E-state index >= 15 is 0 Å². The number of likely N-dealkylation sites (tertiary alicyclic amines) is 1. The number of aliphatic hydroxyl groups excluding tert-OH is 1. The SMILES string of the molecule is COc1cc(N)ccc1C(=O)N1CCC(O)C1. The van der Waals surface area contributed by atoms with E-state index in [2.05, 4.69) is 0 Å². The molecule has 0 radical (unpaired) electrons. The molecule has 0 aromatic heterocycles. The summed E-state index contributed by atoms with van der Waals surface area (Å²) in [5, 5.41) is 9.42. The summed E-state index contributed by atoms with van der Waals surface area (Å²) in [6, 6.07) is 4.95. The predicted octanol–water partition coefficient (Wildman–Crippen LogP) is 0.484. The molecule has 92 valence electrons. The van der Waals surface area contributed by atoms with Gasteiger partial charge in [0.25, 0.3) is 5.91 Å². The second-order valence-corrected chi connectivity index (χ2v) is 4.15. The predicted molar refractivity (Wildman–Crippen MR) is 63.9 cm³/mol. The molecule has 5 heteroatoms. The van der Waals surface area contributed by atoms with Gasteiger partial charge in [-0.2, -0.15) is 0 Å². The van der Waals surface area contributed by atoms with Crippen molar-refractivity contribution in [2.45, 2.75) is 12.5 Å². The lowest BCUT2D eigenvalue weighted by molar-refractivity contribution is 0.0761. The maximum Gasteiger partial charge on any atom is 0.257 e. The van der Waals surface area contributed by atoms with E-state index in [4.69, 9.17) is 10.5 Å². The van der Waals surface area contributed by atoms with E-state index in [9.17, 15) is 9.90 Å². The number of benzene rings is 1. The van der Waals surface area contributed by atoms with E-state index in [-0.39, 0.29) is 5.91 Å². The van der Waals surface area contributed by atoms with Crippen molar-refractivity contribution in [3.63, 3.8) is 0 Å². The van der Waals surface area contributed by atoms with Crippen molar-refractivity contribution in [3.05, 3.63) is 23.8 Å². The highest BCUT2D eigenvalue weighted by Crippen LogP contribution is 2.24. The molecular formula is C12H16N2O3. The van der Waals surface area contributed by atoms with Gasteiger partial charge in [-0.25, -0.2) is 0 Å². The lowest BCUT2D eigenvalue weighted by Crippen LogP contribution is -2.29. The van der Waals surface area contributed by atoms with Gasteiger partial charge in [0, 0.05) is 24.8 Å². The molecule has 0 saturated carbocycles. The third-order valence-corrected chi connectivity index (χ3v) is 2.91. The number of nitrogens with two attached hydrogens (primary N) is 1. The zero-order valence-corrected chi connectivity index (χ0v) is 9.72. The molecule has 1 saturated heterocycles. The maximum atomic E-state index is 12.2. The van der Waals surface area contributed by atoms with E-state index in [0.717, 1.165) is 0 Å². The standard InChI is InChI=1S/C12H16N2O3/c1-17-11-6-8(13)2-3-10(11)12(16)14-5-4-9(15)7-14/h2-3,6,9,15H,4-5,7,13H2,1H3. The van der Waals surface area contributed by atoms with Gasteiger partial charge >= 0.3 is 0 Å². The van der Waals surface area contributed by atoms with Crippen molar-refractivity contribution in [3.8, 4) is 5.75 Å². The Balaban J connectivity index is 2.24. The first-order valence-corrected chi connectivity index (χ1v) is 5.52.